The Morgan fingerprint density at radius 3 is 2.19 bits per heavy atom. The second-order valence-corrected chi connectivity index (χ2v) is 7.82. The zero-order valence-corrected chi connectivity index (χ0v) is 18.0. The number of carbonyl (C=O) groups is 2. The first-order valence-corrected chi connectivity index (χ1v) is 10.6. The smallest absolute Gasteiger partial charge is 0.318 e. The molecular weight excluding hydrogens is 408 g/mol. The Labute approximate surface area is 185 Å². The van der Waals surface area contributed by atoms with E-state index in [1.807, 2.05) is 48.5 Å². The van der Waals surface area contributed by atoms with Gasteiger partial charge in [0.1, 0.15) is 0 Å². The molecule has 0 atom stereocenters. The molecular formula is C25H22N2O3S. The van der Waals surface area contributed by atoms with Gasteiger partial charge in [-0.05, 0) is 66.9 Å². The quantitative estimate of drug-likeness (QED) is 0.143. The van der Waals surface area contributed by atoms with E-state index in [2.05, 4.69) is 16.7 Å². The second-order valence-electron chi connectivity index (χ2n) is 6.67. The van der Waals surface area contributed by atoms with Crippen LogP contribution in [0.3, 0.4) is 0 Å². The highest BCUT2D eigenvalue weighted by Crippen LogP contribution is 2.28. The number of hydrogen-bond donors (Lipinski definition) is 0. The van der Waals surface area contributed by atoms with E-state index in [1.54, 1.807) is 42.4 Å². The summed E-state index contributed by atoms with van der Waals surface area (Å²) in [6, 6.07) is 18.9. The van der Waals surface area contributed by atoms with Crippen molar-refractivity contribution in [2.75, 3.05) is 0 Å². The Bertz CT molecular complexity index is 1080. The number of benzene rings is 2. The number of ketones is 1. The minimum atomic E-state index is -0.450. The van der Waals surface area contributed by atoms with Crippen molar-refractivity contribution in [2.45, 2.75) is 29.6 Å². The van der Waals surface area contributed by atoms with Crippen molar-refractivity contribution >= 4 is 29.2 Å². The molecule has 0 amide bonds. The first kappa shape index (κ1) is 22.2. The number of carbonyl (C=O) groups excluding carboxylic acids is 2. The molecule has 0 aliphatic rings. The molecule has 0 aliphatic heterocycles. The van der Waals surface area contributed by atoms with E-state index in [4.69, 9.17) is 4.84 Å². The number of hydrogen-bond acceptors (Lipinski definition) is 6. The van der Waals surface area contributed by atoms with Crippen LogP contribution in [0.5, 0.6) is 0 Å². The lowest BCUT2D eigenvalue weighted by Crippen LogP contribution is -2.03. The molecule has 0 aliphatic carbocycles. The fourth-order valence-electron chi connectivity index (χ4n) is 2.79. The van der Waals surface area contributed by atoms with E-state index in [1.165, 1.54) is 6.92 Å². The Morgan fingerprint density at radius 1 is 1.00 bits per heavy atom. The summed E-state index contributed by atoms with van der Waals surface area (Å²) in [5.41, 5.74) is 2.79. The molecule has 0 N–H and O–H groups in total. The third-order valence-corrected chi connectivity index (χ3v) is 5.35. The average Bonchev–Trinajstić information content (AvgIpc) is 2.80. The molecule has 3 rings (SSSR count). The number of oxime groups is 1. The topological polar surface area (TPSA) is 68.6 Å². The monoisotopic (exact) mass is 430 g/mol. The van der Waals surface area contributed by atoms with E-state index in [-0.39, 0.29) is 5.78 Å². The maximum Gasteiger partial charge on any atom is 0.331 e. The second kappa shape index (κ2) is 11.0. The summed E-state index contributed by atoms with van der Waals surface area (Å²) in [4.78, 5) is 34.5. The van der Waals surface area contributed by atoms with Gasteiger partial charge in [-0.1, -0.05) is 35.1 Å². The van der Waals surface area contributed by atoms with Gasteiger partial charge in [0, 0.05) is 40.2 Å². The molecule has 2 aromatic carbocycles. The summed E-state index contributed by atoms with van der Waals surface area (Å²) in [6.07, 6.45) is 6.39. The lowest BCUT2D eigenvalue weighted by molar-refractivity contribution is -0.140. The van der Waals surface area contributed by atoms with Gasteiger partial charge in [0.15, 0.2) is 5.78 Å². The Balaban J connectivity index is 1.69. The van der Waals surface area contributed by atoms with Gasteiger partial charge in [0.25, 0.3) is 0 Å². The first-order valence-electron chi connectivity index (χ1n) is 9.75. The molecule has 31 heavy (non-hydrogen) atoms. The van der Waals surface area contributed by atoms with Gasteiger partial charge in [0.2, 0.25) is 0 Å². The molecule has 0 bridgehead atoms. The molecule has 5 nitrogen and oxygen atoms in total. The number of rotatable bonds is 9. The molecule has 0 saturated heterocycles. The molecule has 0 fully saturated rings. The number of aromatic nitrogens is 1. The Morgan fingerprint density at radius 2 is 1.65 bits per heavy atom. The summed E-state index contributed by atoms with van der Waals surface area (Å²) in [5.74, 6) is -0.498. The maximum atomic E-state index is 12.5. The zero-order valence-electron chi connectivity index (χ0n) is 17.2. The van der Waals surface area contributed by atoms with Crippen LogP contribution in [0.15, 0.2) is 101 Å². The predicted octanol–water partition coefficient (Wildman–Crippen LogP) is 5.70. The SMILES string of the molecule is C=CCC/C(=N\OC(C)=O)c1ccc(Sc2ccc(C(=O)c3cccnc3)cc2)cc1. The van der Waals surface area contributed by atoms with Gasteiger partial charge in [-0.25, -0.2) is 4.79 Å². The molecule has 156 valence electrons. The van der Waals surface area contributed by atoms with Crippen LogP contribution in [-0.4, -0.2) is 22.4 Å². The maximum absolute atomic E-state index is 12.5. The van der Waals surface area contributed by atoms with Gasteiger partial charge in [-0.3, -0.25) is 9.78 Å². The Kier molecular flexibility index (Phi) is 7.90. The lowest BCUT2D eigenvalue weighted by atomic mass is 10.1. The van der Waals surface area contributed by atoms with Crippen molar-refractivity contribution in [1.82, 2.24) is 4.98 Å². The van der Waals surface area contributed by atoms with Crippen molar-refractivity contribution < 1.29 is 14.4 Å². The molecule has 0 radical (unpaired) electrons. The third kappa shape index (κ3) is 6.49. The summed E-state index contributed by atoms with van der Waals surface area (Å²) >= 11 is 1.60. The standard InChI is InChI=1S/C25H22N2O3S/c1-3-4-7-24(27-30-18(2)28)19-8-12-22(13-9-19)31-23-14-10-20(11-15-23)25(29)21-6-5-16-26-17-21/h3,5-6,8-17H,1,4,7H2,2H3/b27-24+. The summed E-state index contributed by atoms with van der Waals surface area (Å²) in [7, 11) is 0. The van der Waals surface area contributed by atoms with Crippen LogP contribution in [-0.2, 0) is 9.63 Å². The summed E-state index contributed by atoms with van der Waals surface area (Å²) < 4.78 is 0. The van der Waals surface area contributed by atoms with Crippen LogP contribution < -0.4 is 0 Å². The van der Waals surface area contributed by atoms with Gasteiger partial charge >= 0.3 is 5.97 Å². The summed E-state index contributed by atoms with van der Waals surface area (Å²) in [5, 5.41) is 3.97. The average molecular weight is 431 g/mol. The lowest BCUT2D eigenvalue weighted by Gasteiger charge is -2.07. The van der Waals surface area contributed by atoms with Gasteiger partial charge < -0.3 is 4.84 Å². The Hall–Kier alpha value is -3.51. The minimum absolute atomic E-state index is 0.0480. The van der Waals surface area contributed by atoms with Crippen molar-refractivity contribution in [2.24, 2.45) is 5.16 Å². The van der Waals surface area contributed by atoms with E-state index in [0.717, 1.165) is 21.8 Å². The molecule has 0 unspecified atom stereocenters. The fourth-order valence-corrected chi connectivity index (χ4v) is 3.61. The van der Waals surface area contributed by atoms with Crippen molar-refractivity contribution in [1.29, 1.82) is 0 Å². The predicted molar refractivity (Wildman–Crippen MR) is 122 cm³/mol. The number of nitrogens with zero attached hydrogens (tertiary/aromatic N) is 2. The van der Waals surface area contributed by atoms with Crippen molar-refractivity contribution in [3.05, 3.63) is 102 Å². The third-order valence-electron chi connectivity index (χ3n) is 4.33. The number of pyridine rings is 1. The molecule has 0 saturated carbocycles. The summed E-state index contributed by atoms with van der Waals surface area (Å²) in [6.45, 7) is 5.05. The van der Waals surface area contributed by atoms with Gasteiger partial charge in [0.05, 0.1) is 5.71 Å². The van der Waals surface area contributed by atoms with E-state index in [0.29, 0.717) is 23.3 Å². The minimum Gasteiger partial charge on any atom is -0.318 e. The zero-order chi connectivity index (χ0) is 22.1. The van der Waals surface area contributed by atoms with Crippen LogP contribution in [0.25, 0.3) is 0 Å². The van der Waals surface area contributed by atoms with E-state index >= 15 is 0 Å². The molecule has 1 aromatic heterocycles. The molecule has 3 aromatic rings. The van der Waals surface area contributed by atoms with Crippen LogP contribution >= 0.6 is 11.8 Å². The highest BCUT2D eigenvalue weighted by molar-refractivity contribution is 7.99. The van der Waals surface area contributed by atoms with Gasteiger partial charge in [-0.2, -0.15) is 0 Å². The van der Waals surface area contributed by atoms with E-state index < -0.39 is 5.97 Å². The van der Waals surface area contributed by atoms with Crippen molar-refractivity contribution in [3.8, 4) is 0 Å². The highest BCUT2D eigenvalue weighted by Gasteiger charge is 2.10. The van der Waals surface area contributed by atoms with Crippen LogP contribution in [0, 0.1) is 0 Å². The first-order chi connectivity index (χ1) is 15.1. The van der Waals surface area contributed by atoms with Crippen molar-refractivity contribution in [3.63, 3.8) is 0 Å². The van der Waals surface area contributed by atoms with E-state index in [9.17, 15) is 9.59 Å². The molecule has 1 heterocycles. The van der Waals surface area contributed by atoms with Crippen LogP contribution in [0.1, 0.15) is 41.3 Å². The van der Waals surface area contributed by atoms with Crippen LogP contribution in [0.2, 0.25) is 0 Å². The molecule has 6 heteroatoms. The fraction of sp³-hybridized carbons (Fsp3) is 0.120. The van der Waals surface area contributed by atoms with Gasteiger partial charge in [-0.15, -0.1) is 6.58 Å². The highest BCUT2D eigenvalue weighted by atomic mass is 32.2. The van der Waals surface area contributed by atoms with Crippen LogP contribution in [0.4, 0.5) is 0 Å². The largest absolute Gasteiger partial charge is 0.331 e. The normalized spacial score (nSPS) is 11.1. The molecule has 0 spiro atoms. The number of allylic oxidation sites excluding steroid dienone is 1.